The number of hydrogen-bond donors (Lipinski definition) is 2. The van der Waals surface area contributed by atoms with Gasteiger partial charge in [0.2, 0.25) is 0 Å². The molecule has 6 nitrogen and oxygen atoms in total. The summed E-state index contributed by atoms with van der Waals surface area (Å²) in [5.74, 6) is 1.04. The van der Waals surface area contributed by atoms with Crippen LogP contribution in [0.15, 0.2) is 40.1 Å². The third kappa shape index (κ3) is 2.39. The van der Waals surface area contributed by atoms with Gasteiger partial charge in [-0.3, -0.25) is 18.4 Å². The number of pyridine rings is 2. The summed E-state index contributed by atoms with van der Waals surface area (Å²) in [6.07, 6.45) is 3.90. The number of benzene rings is 1. The first-order valence-electron chi connectivity index (χ1n) is 10.2. The SMILES string of the molecule is COc1c(-c2ccc3c(c2)CNC3C)ccn2c(=O)c3c(=O)[nH]sc3c(C3CC3)c12. The van der Waals surface area contributed by atoms with Crippen molar-refractivity contribution < 1.29 is 4.74 Å². The van der Waals surface area contributed by atoms with Crippen LogP contribution in [0.25, 0.3) is 26.7 Å². The monoisotopic (exact) mass is 419 g/mol. The molecule has 4 heterocycles. The average molecular weight is 420 g/mol. The summed E-state index contributed by atoms with van der Waals surface area (Å²) in [5, 5.41) is 3.73. The van der Waals surface area contributed by atoms with Gasteiger partial charge in [-0.15, -0.1) is 0 Å². The lowest BCUT2D eigenvalue weighted by atomic mass is 9.97. The lowest BCUT2D eigenvalue weighted by Crippen LogP contribution is -2.20. The van der Waals surface area contributed by atoms with Crippen LogP contribution in [0.1, 0.15) is 48.4 Å². The molecule has 1 atom stereocenters. The van der Waals surface area contributed by atoms with Crippen LogP contribution >= 0.6 is 11.5 Å². The molecule has 152 valence electrons. The van der Waals surface area contributed by atoms with Crippen molar-refractivity contribution >= 4 is 27.1 Å². The fourth-order valence-corrected chi connectivity index (χ4v) is 5.73. The van der Waals surface area contributed by atoms with Gasteiger partial charge in [-0.05, 0) is 54.5 Å². The van der Waals surface area contributed by atoms with Crippen molar-refractivity contribution in [1.82, 2.24) is 14.1 Å². The van der Waals surface area contributed by atoms with Gasteiger partial charge in [0.1, 0.15) is 5.39 Å². The van der Waals surface area contributed by atoms with Crippen LogP contribution in [0.5, 0.6) is 5.75 Å². The maximum atomic E-state index is 13.2. The number of methoxy groups -OCH3 is 1. The van der Waals surface area contributed by atoms with Gasteiger partial charge in [0, 0.05) is 29.9 Å². The maximum Gasteiger partial charge on any atom is 0.271 e. The van der Waals surface area contributed by atoms with Gasteiger partial charge in [-0.1, -0.05) is 23.7 Å². The van der Waals surface area contributed by atoms with Crippen LogP contribution < -0.4 is 21.2 Å². The molecule has 4 aromatic rings. The van der Waals surface area contributed by atoms with E-state index in [4.69, 9.17) is 4.74 Å². The van der Waals surface area contributed by atoms with Crippen molar-refractivity contribution in [1.29, 1.82) is 0 Å². The summed E-state index contributed by atoms with van der Waals surface area (Å²) in [7, 11) is 1.65. The molecule has 1 aliphatic heterocycles. The molecule has 2 aliphatic rings. The van der Waals surface area contributed by atoms with Gasteiger partial charge in [0.05, 0.1) is 17.3 Å². The second-order valence-electron chi connectivity index (χ2n) is 8.23. The Hall–Kier alpha value is -2.90. The zero-order valence-electron chi connectivity index (χ0n) is 16.7. The number of aromatic nitrogens is 2. The number of nitrogens with one attached hydrogen (secondary N) is 2. The molecule has 1 saturated carbocycles. The Morgan fingerprint density at radius 1 is 1.20 bits per heavy atom. The van der Waals surface area contributed by atoms with E-state index in [9.17, 15) is 9.59 Å². The molecule has 3 aromatic heterocycles. The first-order chi connectivity index (χ1) is 14.6. The van der Waals surface area contributed by atoms with E-state index in [-0.39, 0.29) is 16.5 Å². The lowest BCUT2D eigenvalue weighted by Gasteiger charge is -2.17. The number of rotatable bonds is 3. The number of hydrogen-bond acceptors (Lipinski definition) is 5. The molecule has 0 amide bonds. The highest BCUT2D eigenvalue weighted by Gasteiger charge is 2.32. The van der Waals surface area contributed by atoms with E-state index < -0.39 is 0 Å². The highest BCUT2D eigenvalue weighted by Crippen LogP contribution is 2.48. The van der Waals surface area contributed by atoms with Crippen LogP contribution in [0.2, 0.25) is 0 Å². The van der Waals surface area contributed by atoms with Crippen LogP contribution in [-0.2, 0) is 6.54 Å². The van der Waals surface area contributed by atoms with Gasteiger partial charge in [-0.25, -0.2) is 0 Å². The molecule has 0 bridgehead atoms. The standard InChI is InChI=1S/C23H21N3O3S/c1-11-15-6-5-13(9-14(15)10-24-11)16-7-8-26-19(20(16)29-2)17(12-3-4-12)21-18(23(26)28)22(27)25-30-21/h5-9,11-12,24H,3-4,10H2,1-2H3,(H,25,27). The normalized spacial score (nSPS) is 18.3. The first-order valence-corrected chi connectivity index (χ1v) is 11.0. The molecule has 1 aliphatic carbocycles. The molecule has 7 heteroatoms. The summed E-state index contributed by atoms with van der Waals surface area (Å²) in [6.45, 7) is 3.02. The predicted octanol–water partition coefficient (Wildman–Crippen LogP) is 3.92. The van der Waals surface area contributed by atoms with E-state index in [0.717, 1.165) is 46.3 Å². The number of ether oxygens (including phenoxy) is 1. The Bertz CT molecular complexity index is 1460. The number of aromatic amines is 1. The van der Waals surface area contributed by atoms with E-state index in [1.807, 2.05) is 6.07 Å². The molecule has 1 fully saturated rings. The van der Waals surface area contributed by atoms with Gasteiger partial charge >= 0.3 is 0 Å². The van der Waals surface area contributed by atoms with Crippen molar-refractivity contribution in [2.45, 2.75) is 38.3 Å². The van der Waals surface area contributed by atoms with E-state index in [2.05, 4.69) is 34.8 Å². The minimum atomic E-state index is -0.306. The number of fused-ring (bicyclic) bond motifs is 3. The highest BCUT2D eigenvalue weighted by molar-refractivity contribution is 7.13. The summed E-state index contributed by atoms with van der Waals surface area (Å²) < 4.78 is 11.0. The Balaban J connectivity index is 1.70. The zero-order valence-corrected chi connectivity index (χ0v) is 17.6. The summed E-state index contributed by atoms with van der Waals surface area (Å²) in [5.41, 5.74) is 5.90. The van der Waals surface area contributed by atoms with Gasteiger partial charge < -0.3 is 10.1 Å². The third-order valence-corrected chi connectivity index (χ3v) is 7.35. The van der Waals surface area contributed by atoms with Crippen LogP contribution in [0.4, 0.5) is 0 Å². The predicted molar refractivity (Wildman–Crippen MR) is 119 cm³/mol. The van der Waals surface area contributed by atoms with E-state index in [1.165, 1.54) is 22.7 Å². The fourth-order valence-electron chi connectivity index (χ4n) is 4.78. The molecular formula is C23H21N3O3S. The molecular weight excluding hydrogens is 398 g/mol. The molecule has 0 spiro atoms. The smallest absolute Gasteiger partial charge is 0.271 e. The maximum absolute atomic E-state index is 13.2. The molecule has 6 rings (SSSR count). The van der Waals surface area contributed by atoms with Gasteiger partial charge in [-0.2, -0.15) is 0 Å². The summed E-state index contributed by atoms with van der Waals surface area (Å²) in [6, 6.07) is 8.79. The second kappa shape index (κ2) is 6.30. The zero-order chi connectivity index (χ0) is 20.6. The van der Waals surface area contributed by atoms with E-state index in [0.29, 0.717) is 17.7 Å². The lowest BCUT2D eigenvalue weighted by molar-refractivity contribution is 0.419. The quantitative estimate of drug-likeness (QED) is 0.528. The van der Waals surface area contributed by atoms with Crippen molar-refractivity contribution in [3.05, 3.63) is 67.9 Å². The number of nitrogens with zero attached hydrogens (tertiary/aromatic N) is 1. The topological polar surface area (TPSA) is 75.6 Å². The molecule has 0 saturated heterocycles. The van der Waals surface area contributed by atoms with Crippen molar-refractivity contribution in [2.24, 2.45) is 0 Å². The molecule has 0 radical (unpaired) electrons. The highest BCUT2D eigenvalue weighted by atomic mass is 32.1. The Morgan fingerprint density at radius 3 is 2.80 bits per heavy atom. The Labute approximate surface area is 176 Å². The van der Waals surface area contributed by atoms with Crippen molar-refractivity contribution in [2.75, 3.05) is 7.11 Å². The molecule has 30 heavy (non-hydrogen) atoms. The minimum Gasteiger partial charge on any atom is -0.494 e. The number of H-pyrrole nitrogens is 1. The van der Waals surface area contributed by atoms with Crippen molar-refractivity contribution in [3.8, 4) is 16.9 Å². The van der Waals surface area contributed by atoms with Crippen LogP contribution in [-0.4, -0.2) is 15.9 Å². The van der Waals surface area contributed by atoms with Crippen LogP contribution in [0, 0.1) is 0 Å². The Kier molecular flexibility index (Phi) is 3.76. The Morgan fingerprint density at radius 2 is 2.03 bits per heavy atom. The summed E-state index contributed by atoms with van der Waals surface area (Å²) >= 11 is 1.26. The van der Waals surface area contributed by atoms with Crippen LogP contribution in [0.3, 0.4) is 0 Å². The molecule has 1 aromatic carbocycles. The average Bonchev–Trinajstić information content (AvgIpc) is 3.43. The van der Waals surface area contributed by atoms with Gasteiger partial charge in [0.25, 0.3) is 11.1 Å². The van der Waals surface area contributed by atoms with Crippen molar-refractivity contribution in [3.63, 3.8) is 0 Å². The van der Waals surface area contributed by atoms with Gasteiger partial charge in [0.15, 0.2) is 5.75 Å². The fraction of sp³-hybridized carbons (Fsp3) is 0.304. The summed E-state index contributed by atoms with van der Waals surface area (Å²) in [4.78, 5) is 25.5. The minimum absolute atomic E-state index is 0.256. The first kappa shape index (κ1) is 17.9. The largest absolute Gasteiger partial charge is 0.494 e. The third-order valence-electron chi connectivity index (χ3n) is 6.43. The van der Waals surface area contributed by atoms with E-state index >= 15 is 0 Å². The molecule has 2 N–H and O–H groups in total. The molecule has 1 unspecified atom stereocenters. The second-order valence-corrected chi connectivity index (χ2v) is 9.04. The van der Waals surface area contributed by atoms with E-state index in [1.54, 1.807) is 17.7 Å².